The summed E-state index contributed by atoms with van der Waals surface area (Å²) < 4.78 is 0. The number of anilines is 1. The molecule has 0 bridgehead atoms. The summed E-state index contributed by atoms with van der Waals surface area (Å²) in [6, 6.07) is 5.66. The summed E-state index contributed by atoms with van der Waals surface area (Å²) in [6.07, 6.45) is 7.56. The van der Waals surface area contributed by atoms with E-state index < -0.39 is 0 Å². The Morgan fingerprint density at radius 2 is 1.89 bits per heavy atom. The summed E-state index contributed by atoms with van der Waals surface area (Å²) in [7, 11) is 3.96. The maximum atomic E-state index is 13.0. The van der Waals surface area contributed by atoms with Gasteiger partial charge in [0, 0.05) is 56.6 Å². The Hall–Kier alpha value is -3.35. The van der Waals surface area contributed by atoms with Crippen molar-refractivity contribution >= 4 is 11.7 Å². The van der Waals surface area contributed by atoms with Gasteiger partial charge in [-0.25, -0.2) is 9.97 Å². The lowest BCUT2D eigenvalue weighted by Crippen LogP contribution is -2.37. The van der Waals surface area contributed by atoms with Crippen LogP contribution in [0.3, 0.4) is 0 Å². The largest absolute Gasteiger partial charge is 0.362 e. The van der Waals surface area contributed by atoms with Gasteiger partial charge in [0.15, 0.2) is 5.82 Å². The number of carbonyl (C=O) groups is 1. The van der Waals surface area contributed by atoms with Crippen molar-refractivity contribution in [1.82, 2.24) is 24.8 Å². The van der Waals surface area contributed by atoms with Crippen molar-refractivity contribution < 1.29 is 4.79 Å². The first kappa shape index (κ1) is 18.0. The zero-order valence-electron chi connectivity index (χ0n) is 16.3. The van der Waals surface area contributed by atoms with E-state index in [2.05, 4.69) is 9.97 Å². The van der Waals surface area contributed by atoms with Crippen LogP contribution in [0.5, 0.6) is 0 Å². The second-order valence-corrected chi connectivity index (χ2v) is 7.15. The molecule has 1 aliphatic rings. The van der Waals surface area contributed by atoms with Crippen LogP contribution >= 0.6 is 0 Å². The monoisotopic (exact) mass is 374 g/mol. The Bertz CT molecular complexity index is 1020. The fourth-order valence-corrected chi connectivity index (χ4v) is 3.44. The van der Waals surface area contributed by atoms with E-state index in [9.17, 15) is 4.79 Å². The van der Waals surface area contributed by atoms with Crippen molar-refractivity contribution in [3.05, 3.63) is 65.4 Å². The summed E-state index contributed by atoms with van der Waals surface area (Å²) in [4.78, 5) is 34.6. The van der Waals surface area contributed by atoms with Crippen molar-refractivity contribution in [2.75, 3.05) is 25.5 Å². The predicted octanol–water partition coefficient (Wildman–Crippen LogP) is 2.51. The van der Waals surface area contributed by atoms with Crippen molar-refractivity contribution in [3.63, 3.8) is 0 Å². The predicted molar refractivity (Wildman–Crippen MR) is 107 cm³/mol. The molecule has 28 heavy (non-hydrogen) atoms. The third-order valence-electron chi connectivity index (χ3n) is 4.81. The van der Waals surface area contributed by atoms with Crippen LogP contribution in [-0.4, -0.2) is 51.4 Å². The number of nitrogens with zero attached hydrogens (tertiary/aromatic N) is 6. The molecule has 3 aromatic heterocycles. The molecule has 0 atom stereocenters. The van der Waals surface area contributed by atoms with Gasteiger partial charge in [0.25, 0.3) is 5.91 Å². The molecule has 0 radical (unpaired) electrons. The average molecular weight is 374 g/mol. The number of pyridine rings is 2. The molecule has 0 aliphatic carbocycles. The van der Waals surface area contributed by atoms with Gasteiger partial charge >= 0.3 is 0 Å². The second kappa shape index (κ2) is 7.34. The lowest BCUT2D eigenvalue weighted by atomic mass is 10.0. The number of carbonyl (C=O) groups excluding carboxylic acids is 1. The Balaban J connectivity index is 1.71. The Morgan fingerprint density at radius 3 is 2.61 bits per heavy atom. The maximum absolute atomic E-state index is 13.0. The van der Waals surface area contributed by atoms with Gasteiger partial charge in [0.2, 0.25) is 0 Å². The lowest BCUT2D eigenvalue weighted by molar-refractivity contribution is 0.0731. The number of hydrogen-bond acceptors (Lipinski definition) is 6. The van der Waals surface area contributed by atoms with E-state index in [0.717, 1.165) is 34.6 Å². The smallest absolute Gasteiger partial charge is 0.255 e. The number of aryl methyl sites for hydroxylation is 1. The minimum absolute atomic E-state index is 0.0164. The van der Waals surface area contributed by atoms with Gasteiger partial charge in [-0.2, -0.15) is 0 Å². The summed E-state index contributed by atoms with van der Waals surface area (Å²) in [5.74, 6) is 1.54. The zero-order valence-corrected chi connectivity index (χ0v) is 16.3. The molecule has 1 amide bonds. The Morgan fingerprint density at radius 1 is 1.11 bits per heavy atom. The molecule has 7 heteroatoms. The van der Waals surface area contributed by atoms with Gasteiger partial charge in [-0.15, -0.1) is 0 Å². The van der Waals surface area contributed by atoms with Gasteiger partial charge in [-0.3, -0.25) is 14.8 Å². The van der Waals surface area contributed by atoms with Crippen LogP contribution in [0, 0.1) is 6.92 Å². The van der Waals surface area contributed by atoms with Gasteiger partial charge in [0.05, 0.1) is 17.8 Å². The van der Waals surface area contributed by atoms with E-state index in [1.54, 1.807) is 24.8 Å². The number of amides is 1. The number of rotatable bonds is 3. The molecule has 142 valence electrons. The molecule has 7 nitrogen and oxygen atoms in total. The van der Waals surface area contributed by atoms with Crippen molar-refractivity contribution in [1.29, 1.82) is 0 Å². The highest BCUT2D eigenvalue weighted by Gasteiger charge is 2.27. The average Bonchev–Trinajstić information content (AvgIpc) is 2.72. The number of fused-ring (bicyclic) bond motifs is 1. The highest BCUT2D eigenvalue weighted by Crippen LogP contribution is 2.29. The molecule has 1 aliphatic heterocycles. The van der Waals surface area contributed by atoms with Crippen LogP contribution in [0.25, 0.3) is 11.4 Å². The topological polar surface area (TPSA) is 75.1 Å². The number of hydrogen-bond donors (Lipinski definition) is 0. The molecule has 0 spiro atoms. The van der Waals surface area contributed by atoms with E-state index >= 15 is 0 Å². The van der Waals surface area contributed by atoms with E-state index in [-0.39, 0.29) is 5.91 Å². The summed E-state index contributed by atoms with van der Waals surface area (Å²) in [5.41, 5.74) is 4.49. The van der Waals surface area contributed by atoms with Crippen molar-refractivity contribution in [3.8, 4) is 11.4 Å². The van der Waals surface area contributed by atoms with Crippen molar-refractivity contribution in [2.45, 2.75) is 19.9 Å². The van der Waals surface area contributed by atoms with E-state index in [0.29, 0.717) is 24.5 Å². The third-order valence-corrected chi connectivity index (χ3v) is 4.81. The molecular formula is C21H22N6O. The lowest BCUT2D eigenvalue weighted by Gasteiger charge is -2.30. The normalized spacial score (nSPS) is 13.2. The van der Waals surface area contributed by atoms with E-state index in [1.165, 1.54) is 0 Å². The van der Waals surface area contributed by atoms with Crippen LogP contribution < -0.4 is 4.90 Å². The van der Waals surface area contributed by atoms with Gasteiger partial charge in [-0.1, -0.05) is 0 Å². The maximum Gasteiger partial charge on any atom is 0.255 e. The fourth-order valence-electron chi connectivity index (χ4n) is 3.44. The third kappa shape index (κ3) is 3.43. The molecule has 0 saturated carbocycles. The number of aromatic nitrogens is 4. The summed E-state index contributed by atoms with van der Waals surface area (Å²) >= 11 is 0. The van der Waals surface area contributed by atoms with Crippen molar-refractivity contribution in [2.24, 2.45) is 0 Å². The molecule has 0 aromatic carbocycles. The Kier molecular flexibility index (Phi) is 4.73. The second-order valence-electron chi connectivity index (χ2n) is 7.15. The fraction of sp³-hybridized carbons (Fsp3) is 0.286. The quantitative estimate of drug-likeness (QED) is 0.701. The van der Waals surface area contributed by atoms with Crippen LogP contribution in [0.2, 0.25) is 0 Å². The molecule has 4 heterocycles. The first-order valence-corrected chi connectivity index (χ1v) is 9.21. The minimum atomic E-state index is -0.0164. The van der Waals surface area contributed by atoms with E-state index in [1.807, 2.05) is 49.0 Å². The minimum Gasteiger partial charge on any atom is -0.362 e. The first-order valence-electron chi connectivity index (χ1n) is 9.21. The standard InChI is InChI=1S/C21H22N6O/c1-14-10-16(12-23-11-14)21(28)27-9-6-17-18(13-27)24-19(25-20(17)26(2)3)15-4-7-22-8-5-15/h4-5,7-8,10-12H,6,9,13H2,1-3H3. The summed E-state index contributed by atoms with van der Waals surface area (Å²) in [5, 5.41) is 0. The molecular weight excluding hydrogens is 352 g/mol. The molecule has 3 aromatic rings. The molecule has 0 N–H and O–H groups in total. The van der Waals surface area contributed by atoms with Crippen LogP contribution in [-0.2, 0) is 13.0 Å². The first-order chi connectivity index (χ1) is 13.5. The van der Waals surface area contributed by atoms with Crippen LogP contribution in [0.1, 0.15) is 27.2 Å². The molecule has 4 rings (SSSR count). The SMILES string of the molecule is Cc1cncc(C(=O)N2CCc3c(nc(-c4ccncc4)nc3N(C)C)C2)c1. The Labute approximate surface area is 164 Å². The summed E-state index contributed by atoms with van der Waals surface area (Å²) in [6.45, 7) is 3.04. The zero-order chi connectivity index (χ0) is 19.7. The van der Waals surface area contributed by atoms with Crippen LogP contribution in [0.15, 0.2) is 43.0 Å². The van der Waals surface area contributed by atoms with Gasteiger partial charge in [0.1, 0.15) is 5.82 Å². The molecule has 0 unspecified atom stereocenters. The van der Waals surface area contributed by atoms with Gasteiger partial charge in [-0.05, 0) is 37.1 Å². The van der Waals surface area contributed by atoms with Crippen LogP contribution in [0.4, 0.5) is 5.82 Å². The highest BCUT2D eigenvalue weighted by molar-refractivity contribution is 5.94. The highest BCUT2D eigenvalue weighted by atomic mass is 16.2. The van der Waals surface area contributed by atoms with E-state index in [4.69, 9.17) is 9.97 Å². The van der Waals surface area contributed by atoms with Gasteiger partial charge < -0.3 is 9.80 Å². The molecule has 0 fully saturated rings. The molecule has 0 saturated heterocycles.